The molecule has 2 aromatic rings. The summed E-state index contributed by atoms with van der Waals surface area (Å²) in [6, 6.07) is 0. The molecule has 0 fully saturated rings. The molecule has 2 rings (SSSR count). The molecule has 0 bridgehead atoms. The van der Waals surface area contributed by atoms with Crippen molar-refractivity contribution in [3.8, 4) is 0 Å². The van der Waals surface area contributed by atoms with Crippen molar-refractivity contribution in [3.63, 3.8) is 0 Å². The zero-order chi connectivity index (χ0) is 16.4. The van der Waals surface area contributed by atoms with Crippen LogP contribution in [0.5, 0.6) is 0 Å². The highest BCUT2D eigenvalue weighted by Crippen LogP contribution is 2.13. The molecule has 0 spiro atoms. The molecule has 23 heavy (non-hydrogen) atoms. The van der Waals surface area contributed by atoms with Gasteiger partial charge in [0.05, 0.1) is 0 Å². The molecule has 0 amide bonds. The molecule has 0 aliphatic heterocycles. The average Bonchev–Trinajstić information content (AvgIpc) is 2.85. The molecule has 0 unspecified atom stereocenters. The molecule has 128 valence electrons. The van der Waals surface area contributed by atoms with Gasteiger partial charge < -0.3 is 10.3 Å². The Morgan fingerprint density at radius 3 is 2.43 bits per heavy atom. The van der Waals surface area contributed by atoms with Crippen molar-refractivity contribution < 1.29 is 0 Å². The molecule has 0 saturated carbocycles. The Labute approximate surface area is 140 Å². The summed E-state index contributed by atoms with van der Waals surface area (Å²) in [5, 5.41) is 0. The lowest BCUT2D eigenvalue weighted by Crippen LogP contribution is -2.37. The first-order valence-corrected chi connectivity index (χ1v) is 7.37. The van der Waals surface area contributed by atoms with E-state index in [1.54, 1.807) is 7.05 Å². The number of rotatable bonds is 5. The van der Waals surface area contributed by atoms with E-state index < -0.39 is 0 Å². The summed E-state index contributed by atoms with van der Waals surface area (Å²) in [5.74, 6) is 0.788. The summed E-state index contributed by atoms with van der Waals surface area (Å²) < 4.78 is 4.43. The van der Waals surface area contributed by atoms with E-state index in [0.29, 0.717) is 30.7 Å². The van der Waals surface area contributed by atoms with Gasteiger partial charge in [-0.2, -0.15) is 0 Å². The summed E-state index contributed by atoms with van der Waals surface area (Å²) in [7, 11) is 3.12. The molecular formula is C15H24ClN5O2. The van der Waals surface area contributed by atoms with Gasteiger partial charge in [0.2, 0.25) is 0 Å². The number of imidazole rings is 1. The van der Waals surface area contributed by atoms with Crippen LogP contribution in [0.25, 0.3) is 11.2 Å². The van der Waals surface area contributed by atoms with Crippen LogP contribution < -0.4 is 17.0 Å². The zero-order valence-electron chi connectivity index (χ0n) is 14.0. The molecule has 2 N–H and O–H groups in total. The van der Waals surface area contributed by atoms with Gasteiger partial charge in [0.15, 0.2) is 11.2 Å². The Bertz CT molecular complexity index is 840. The molecule has 8 heteroatoms. The van der Waals surface area contributed by atoms with Crippen LogP contribution in [0.15, 0.2) is 21.2 Å². The van der Waals surface area contributed by atoms with E-state index in [9.17, 15) is 9.59 Å². The minimum absolute atomic E-state index is 0. The largest absolute Gasteiger partial charge is 0.332 e. The van der Waals surface area contributed by atoms with Crippen LogP contribution in [-0.2, 0) is 27.1 Å². The topological polar surface area (TPSA) is 87.8 Å². The summed E-state index contributed by atoms with van der Waals surface area (Å²) in [4.78, 5) is 29.1. The monoisotopic (exact) mass is 341 g/mol. The maximum Gasteiger partial charge on any atom is 0.332 e. The van der Waals surface area contributed by atoms with Gasteiger partial charge in [-0.15, -0.1) is 12.4 Å². The second-order valence-corrected chi connectivity index (χ2v) is 5.69. The minimum Gasteiger partial charge on any atom is -0.330 e. The van der Waals surface area contributed by atoms with Crippen LogP contribution in [0.2, 0.25) is 0 Å². The van der Waals surface area contributed by atoms with Crippen molar-refractivity contribution >= 4 is 23.6 Å². The Hall–Kier alpha value is -1.86. The van der Waals surface area contributed by atoms with E-state index in [-0.39, 0.29) is 23.7 Å². The van der Waals surface area contributed by atoms with E-state index in [0.717, 1.165) is 22.4 Å². The number of halogens is 1. The van der Waals surface area contributed by atoms with Crippen molar-refractivity contribution in [1.82, 2.24) is 18.7 Å². The molecule has 7 nitrogen and oxygen atoms in total. The van der Waals surface area contributed by atoms with Gasteiger partial charge in [-0.25, -0.2) is 9.78 Å². The average molecular weight is 342 g/mol. The third-order valence-corrected chi connectivity index (χ3v) is 3.71. The maximum atomic E-state index is 12.5. The van der Waals surface area contributed by atoms with Crippen LogP contribution in [0, 0.1) is 0 Å². The van der Waals surface area contributed by atoms with Crippen molar-refractivity contribution in [1.29, 1.82) is 0 Å². The van der Waals surface area contributed by atoms with Crippen LogP contribution in [0.4, 0.5) is 0 Å². The van der Waals surface area contributed by atoms with Crippen molar-refractivity contribution in [2.45, 2.75) is 33.2 Å². The Balaban J connectivity index is 0.00000264. The number of hydrogen-bond acceptors (Lipinski definition) is 4. The Kier molecular flexibility index (Phi) is 6.35. The molecule has 2 heterocycles. The van der Waals surface area contributed by atoms with Crippen LogP contribution in [0.1, 0.15) is 26.1 Å². The zero-order valence-corrected chi connectivity index (χ0v) is 14.8. The number of fused-ring (bicyclic) bond motifs is 1. The molecular weight excluding hydrogens is 318 g/mol. The summed E-state index contributed by atoms with van der Waals surface area (Å²) >= 11 is 0. The van der Waals surface area contributed by atoms with E-state index in [1.165, 1.54) is 11.6 Å². The fourth-order valence-electron chi connectivity index (χ4n) is 2.41. The lowest BCUT2D eigenvalue weighted by Gasteiger charge is -2.07. The van der Waals surface area contributed by atoms with Gasteiger partial charge in [-0.1, -0.05) is 11.6 Å². The highest BCUT2D eigenvalue weighted by molar-refractivity contribution is 5.85. The first kappa shape index (κ1) is 19.2. The normalized spacial score (nSPS) is 10.7. The van der Waals surface area contributed by atoms with Gasteiger partial charge in [-0.05, 0) is 26.8 Å². The number of nitrogens with two attached hydrogens (primary N) is 1. The Morgan fingerprint density at radius 2 is 1.87 bits per heavy atom. The van der Waals surface area contributed by atoms with Crippen LogP contribution >= 0.6 is 12.4 Å². The van der Waals surface area contributed by atoms with E-state index in [4.69, 9.17) is 5.73 Å². The highest BCUT2D eigenvalue weighted by Gasteiger charge is 2.18. The molecule has 0 aliphatic rings. The second-order valence-electron chi connectivity index (χ2n) is 5.69. The maximum absolute atomic E-state index is 12.5. The molecule has 0 aromatic carbocycles. The third kappa shape index (κ3) is 3.56. The SMILES string of the molecule is CC(C)=CCn1c(CCCN)nc2c1c(=O)n(C)c(=O)n2C.Cl. The van der Waals surface area contributed by atoms with Gasteiger partial charge in [0.1, 0.15) is 5.82 Å². The molecule has 0 aliphatic carbocycles. The number of hydrogen-bond donors (Lipinski definition) is 1. The summed E-state index contributed by atoms with van der Waals surface area (Å²) in [6.45, 7) is 5.13. The number of aryl methyl sites for hydroxylation is 2. The molecule has 0 radical (unpaired) electrons. The van der Waals surface area contributed by atoms with Crippen LogP contribution in [-0.4, -0.2) is 25.2 Å². The van der Waals surface area contributed by atoms with E-state index >= 15 is 0 Å². The van der Waals surface area contributed by atoms with Gasteiger partial charge in [-0.3, -0.25) is 13.9 Å². The van der Waals surface area contributed by atoms with Gasteiger partial charge >= 0.3 is 5.69 Å². The van der Waals surface area contributed by atoms with Gasteiger partial charge in [0.25, 0.3) is 5.56 Å². The smallest absolute Gasteiger partial charge is 0.330 e. The summed E-state index contributed by atoms with van der Waals surface area (Å²) in [5.41, 5.74) is 6.96. The second kappa shape index (κ2) is 7.61. The lowest BCUT2D eigenvalue weighted by molar-refractivity contribution is 0.695. The Morgan fingerprint density at radius 1 is 1.22 bits per heavy atom. The first-order valence-electron chi connectivity index (χ1n) is 7.37. The standard InChI is InChI=1S/C15H23N5O2.ClH/c1-10(2)7-9-20-11(6-5-8-16)17-13-12(20)14(21)19(4)15(22)18(13)3;/h7H,5-6,8-9,16H2,1-4H3;1H. The van der Waals surface area contributed by atoms with E-state index in [1.807, 2.05) is 24.5 Å². The van der Waals surface area contributed by atoms with E-state index in [2.05, 4.69) is 4.98 Å². The fourth-order valence-corrected chi connectivity index (χ4v) is 2.41. The quantitative estimate of drug-likeness (QED) is 0.811. The van der Waals surface area contributed by atoms with Crippen molar-refractivity contribution in [3.05, 3.63) is 38.3 Å². The fraction of sp³-hybridized carbons (Fsp3) is 0.533. The highest BCUT2D eigenvalue weighted by atomic mass is 35.5. The first-order chi connectivity index (χ1) is 10.4. The lowest BCUT2D eigenvalue weighted by atomic mass is 10.3. The molecule has 0 atom stereocenters. The minimum atomic E-state index is -0.366. The third-order valence-electron chi connectivity index (χ3n) is 3.71. The number of allylic oxidation sites excluding steroid dienone is 2. The number of nitrogens with zero attached hydrogens (tertiary/aromatic N) is 4. The van der Waals surface area contributed by atoms with Crippen molar-refractivity contribution in [2.24, 2.45) is 19.8 Å². The number of aromatic nitrogens is 4. The van der Waals surface area contributed by atoms with Crippen LogP contribution in [0.3, 0.4) is 0 Å². The predicted molar refractivity (Wildman–Crippen MR) is 94.3 cm³/mol. The molecule has 0 saturated heterocycles. The predicted octanol–water partition coefficient (Wildman–Crippen LogP) is 0.713. The molecule has 2 aromatic heterocycles. The van der Waals surface area contributed by atoms with Gasteiger partial charge in [0, 0.05) is 27.1 Å². The summed E-state index contributed by atoms with van der Waals surface area (Å²) in [6.07, 6.45) is 3.50. The van der Waals surface area contributed by atoms with Crippen molar-refractivity contribution in [2.75, 3.05) is 6.54 Å².